The molecular weight excluding hydrogens is 282 g/mol. The zero-order chi connectivity index (χ0) is 15.2. The molecule has 0 radical (unpaired) electrons. The lowest BCUT2D eigenvalue weighted by atomic mass is 10.2. The number of rotatable bonds is 5. The van der Waals surface area contributed by atoms with Gasteiger partial charge in [-0.2, -0.15) is 8.78 Å². The molecule has 0 saturated carbocycles. The number of carbonyl (C=O) groups is 1. The highest BCUT2D eigenvalue weighted by Crippen LogP contribution is 2.25. The summed E-state index contributed by atoms with van der Waals surface area (Å²) in [5.41, 5.74) is 0.239. The Labute approximate surface area is 121 Å². The number of nitrogens with one attached hydrogen (secondary N) is 1. The largest absolute Gasteiger partial charge is 0.433 e. The number of carbonyl (C=O) groups excluding carboxylic acids is 1. The Bertz CT molecular complexity index is 479. The summed E-state index contributed by atoms with van der Waals surface area (Å²) >= 11 is 0. The van der Waals surface area contributed by atoms with E-state index in [-0.39, 0.29) is 23.4 Å². The maximum atomic E-state index is 12.3. The highest BCUT2D eigenvalue weighted by molar-refractivity contribution is 5.95. The van der Waals surface area contributed by atoms with E-state index in [1.807, 2.05) is 4.90 Å². The molecule has 1 aliphatic heterocycles. The molecule has 0 unspecified atom stereocenters. The normalized spacial score (nSPS) is 17.5. The molecule has 1 heterocycles. The van der Waals surface area contributed by atoms with Crippen LogP contribution >= 0.6 is 0 Å². The molecule has 116 valence electrons. The van der Waals surface area contributed by atoms with E-state index in [0.717, 1.165) is 0 Å². The van der Waals surface area contributed by atoms with E-state index in [1.54, 1.807) is 19.1 Å². The Morgan fingerprint density at radius 2 is 2.00 bits per heavy atom. The van der Waals surface area contributed by atoms with Crippen molar-refractivity contribution in [3.8, 4) is 5.75 Å². The molecular formula is C14H18F2N2O3. The van der Waals surface area contributed by atoms with Crippen LogP contribution in [0.2, 0.25) is 0 Å². The molecule has 1 aromatic rings. The monoisotopic (exact) mass is 300 g/mol. The third-order valence-electron chi connectivity index (χ3n) is 3.33. The van der Waals surface area contributed by atoms with Gasteiger partial charge in [0.25, 0.3) is 0 Å². The van der Waals surface area contributed by atoms with E-state index in [4.69, 9.17) is 4.74 Å². The van der Waals surface area contributed by atoms with Crippen LogP contribution in [0.3, 0.4) is 0 Å². The highest BCUT2D eigenvalue weighted by atomic mass is 19.3. The first kappa shape index (κ1) is 15.7. The van der Waals surface area contributed by atoms with Gasteiger partial charge < -0.3 is 14.8 Å². The van der Waals surface area contributed by atoms with Gasteiger partial charge in [-0.05, 0) is 19.1 Å². The zero-order valence-corrected chi connectivity index (χ0v) is 11.7. The van der Waals surface area contributed by atoms with Crippen LogP contribution < -0.4 is 10.1 Å². The number of anilines is 1. The van der Waals surface area contributed by atoms with Gasteiger partial charge in [-0.3, -0.25) is 9.69 Å². The van der Waals surface area contributed by atoms with Gasteiger partial charge in [0.15, 0.2) is 0 Å². The summed E-state index contributed by atoms with van der Waals surface area (Å²) in [7, 11) is 0. The molecule has 0 spiro atoms. The van der Waals surface area contributed by atoms with Crippen molar-refractivity contribution >= 4 is 11.6 Å². The van der Waals surface area contributed by atoms with E-state index >= 15 is 0 Å². The Morgan fingerprint density at radius 3 is 2.67 bits per heavy atom. The van der Waals surface area contributed by atoms with Gasteiger partial charge in [-0.25, -0.2) is 0 Å². The van der Waals surface area contributed by atoms with Crippen LogP contribution in [-0.4, -0.2) is 49.8 Å². The van der Waals surface area contributed by atoms with Gasteiger partial charge in [0.2, 0.25) is 5.91 Å². The van der Waals surface area contributed by atoms with Crippen molar-refractivity contribution in [1.82, 2.24) is 4.90 Å². The molecule has 0 aliphatic carbocycles. The fraction of sp³-hybridized carbons (Fsp3) is 0.500. The Hall–Kier alpha value is -1.73. The van der Waals surface area contributed by atoms with E-state index in [1.165, 1.54) is 12.1 Å². The second-order valence-electron chi connectivity index (χ2n) is 4.69. The lowest BCUT2D eigenvalue weighted by Crippen LogP contribution is -2.47. The number of alkyl halides is 2. The standard InChI is InChI=1S/C14H18F2N2O3/c1-10(18-6-8-20-9-7-18)13(19)17-11-4-2-3-5-12(11)21-14(15)16/h2-5,10,14H,6-9H2,1H3,(H,17,19)/t10-/m1/s1. The first-order chi connectivity index (χ1) is 10.1. The summed E-state index contributed by atoms with van der Waals surface area (Å²) in [4.78, 5) is 14.2. The predicted octanol–water partition coefficient (Wildman–Crippen LogP) is 1.95. The van der Waals surface area contributed by atoms with Gasteiger partial charge in [0.1, 0.15) is 5.75 Å². The topological polar surface area (TPSA) is 50.8 Å². The maximum Gasteiger partial charge on any atom is 0.387 e. The van der Waals surface area contributed by atoms with Crippen LogP contribution in [0, 0.1) is 0 Å². The van der Waals surface area contributed by atoms with Crippen molar-refractivity contribution in [2.75, 3.05) is 31.6 Å². The van der Waals surface area contributed by atoms with Crippen molar-refractivity contribution < 1.29 is 23.0 Å². The molecule has 1 atom stereocenters. The van der Waals surface area contributed by atoms with Crippen LogP contribution in [0.25, 0.3) is 0 Å². The minimum Gasteiger partial charge on any atom is -0.433 e. The molecule has 0 bridgehead atoms. The van der Waals surface area contributed by atoms with E-state index in [0.29, 0.717) is 26.3 Å². The minimum atomic E-state index is -2.93. The molecule has 1 amide bonds. The molecule has 1 saturated heterocycles. The second-order valence-corrected chi connectivity index (χ2v) is 4.69. The molecule has 1 N–H and O–H groups in total. The molecule has 1 fully saturated rings. The molecule has 21 heavy (non-hydrogen) atoms. The number of hydrogen-bond acceptors (Lipinski definition) is 4. The Kier molecular flexibility index (Phi) is 5.46. The number of benzene rings is 1. The van der Waals surface area contributed by atoms with Crippen molar-refractivity contribution in [2.45, 2.75) is 19.6 Å². The third kappa shape index (κ3) is 4.37. The van der Waals surface area contributed by atoms with Crippen molar-refractivity contribution in [3.63, 3.8) is 0 Å². The quantitative estimate of drug-likeness (QED) is 0.903. The van der Waals surface area contributed by atoms with Gasteiger partial charge in [0, 0.05) is 13.1 Å². The lowest BCUT2D eigenvalue weighted by Gasteiger charge is -2.31. The number of nitrogens with zero attached hydrogens (tertiary/aromatic N) is 1. The first-order valence-corrected chi connectivity index (χ1v) is 6.74. The van der Waals surface area contributed by atoms with Crippen molar-refractivity contribution in [3.05, 3.63) is 24.3 Å². The van der Waals surface area contributed by atoms with Crippen LogP contribution in [0.5, 0.6) is 5.75 Å². The number of halogens is 2. The average molecular weight is 300 g/mol. The fourth-order valence-electron chi connectivity index (χ4n) is 2.14. The summed E-state index contributed by atoms with van der Waals surface area (Å²) in [5.74, 6) is -0.308. The molecule has 0 aromatic heterocycles. The van der Waals surface area contributed by atoms with E-state index < -0.39 is 6.61 Å². The van der Waals surface area contributed by atoms with E-state index in [2.05, 4.69) is 10.1 Å². The number of amides is 1. The summed E-state index contributed by atoms with van der Waals surface area (Å²) < 4.78 is 34.3. The number of morpholine rings is 1. The maximum absolute atomic E-state index is 12.3. The van der Waals surface area contributed by atoms with E-state index in [9.17, 15) is 13.6 Å². The number of para-hydroxylation sites is 2. The van der Waals surface area contributed by atoms with Crippen LogP contribution in [0.1, 0.15) is 6.92 Å². The zero-order valence-electron chi connectivity index (χ0n) is 11.7. The SMILES string of the molecule is C[C@H](C(=O)Nc1ccccc1OC(F)F)N1CCOCC1. The smallest absolute Gasteiger partial charge is 0.387 e. The summed E-state index contributed by atoms with van der Waals surface area (Å²) in [6.07, 6.45) is 0. The van der Waals surface area contributed by atoms with Crippen molar-refractivity contribution in [1.29, 1.82) is 0 Å². The van der Waals surface area contributed by atoms with Gasteiger partial charge >= 0.3 is 6.61 Å². The minimum absolute atomic E-state index is 0.0463. The fourth-order valence-corrected chi connectivity index (χ4v) is 2.14. The summed E-state index contributed by atoms with van der Waals surface area (Å²) in [5, 5.41) is 2.63. The Balaban J connectivity index is 2.01. The molecule has 2 rings (SSSR count). The molecule has 1 aliphatic rings. The average Bonchev–Trinajstić information content (AvgIpc) is 2.49. The summed E-state index contributed by atoms with van der Waals surface area (Å²) in [6, 6.07) is 5.77. The van der Waals surface area contributed by atoms with Gasteiger partial charge in [0.05, 0.1) is 24.9 Å². The van der Waals surface area contributed by atoms with Gasteiger partial charge in [-0.15, -0.1) is 0 Å². The first-order valence-electron chi connectivity index (χ1n) is 6.74. The van der Waals surface area contributed by atoms with Gasteiger partial charge in [-0.1, -0.05) is 12.1 Å². The highest BCUT2D eigenvalue weighted by Gasteiger charge is 2.24. The second kappa shape index (κ2) is 7.33. The van der Waals surface area contributed by atoms with Crippen LogP contribution in [0.15, 0.2) is 24.3 Å². The summed E-state index contributed by atoms with van der Waals surface area (Å²) in [6.45, 7) is 1.36. The third-order valence-corrected chi connectivity index (χ3v) is 3.33. The lowest BCUT2D eigenvalue weighted by molar-refractivity contribution is -0.122. The molecule has 1 aromatic carbocycles. The molecule has 7 heteroatoms. The Morgan fingerprint density at radius 1 is 1.33 bits per heavy atom. The van der Waals surface area contributed by atoms with Crippen molar-refractivity contribution in [2.24, 2.45) is 0 Å². The van der Waals surface area contributed by atoms with Crippen LogP contribution in [0.4, 0.5) is 14.5 Å². The number of hydrogen-bond donors (Lipinski definition) is 1. The molecule has 5 nitrogen and oxygen atoms in total. The number of ether oxygens (including phenoxy) is 2. The predicted molar refractivity (Wildman–Crippen MR) is 73.6 cm³/mol. The van der Waals surface area contributed by atoms with Crippen LogP contribution in [-0.2, 0) is 9.53 Å².